The van der Waals surface area contributed by atoms with Gasteiger partial charge >= 0.3 is 5.97 Å². The molecule has 0 bridgehead atoms. The first-order valence-corrected chi connectivity index (χ1v) is 8.14. The Morgan fingerprint density at radius 3 is 2.26 bits per heavy atom. The topological polar surface area (TPSA) is 76.1 Å². The normalized spacial score (nSPS) is 12.0. The number of aliphatic carboxylic acids is 1. The lowest BCUT2D eigenvalue weighted by Crippen LogP contribution is -2.36. The molecule has 0 aromatic heterocycles. The molecule has 23 heavy (non-hydrogen) atoms. The molecule has 0 saturated heterocycles. The van der Waals surface area contributed by atoms with Crippen molar-refractivity contribution in [1.29, 1.82) is 0 Å². The molecule has 1 N–H and O–H groups in total. The summed E-state index contributed by atoms with van der Waals surface area (Å²) < 4.78 is 10.1. The minimum absolute atomic E-state index is 0.153. The predicted octanol–water partition coefficient (Wildman–Crippen LogP) is 1.99. The molecule has 0 aliphatic carbocycles. The van der Waals surface area contributed by atoms with Crippen LogP contribution in [-0.2, 0) is 14.3 Å². The monoisotopic (exact) mass is 341 g/mol. The first kappa shape index (κ1) is 19.5. The Morgan fingerprint density at radius 2 is 1.74 bits per heavy atom. The van der Waals surface area contributed by atoms with Crippen LogP contribution in [0.4, 0.5) is 0 Å². The lowest BCUT2D eigenvalue weighted by molar-refractivity contribution is -0.136. The molecule has 1 unspecified atom stereocenters. The molecular formula is C16H23NO5S. The van der Waals surface area contributed by atoms with Gasteiger partial charge in [-0.1, -0.05) is 12.1 Å². The predicted molar refractivity (Wildman–Crippen MR) is 89.1 cm³/mol. The van der Waals surface area contributed by atoms with Gasteiger partial charge < -0.3 is 19.5 Å². The summed E-state index contributed by atoms with van der Waals surface area (Å²) >= 11 is 1.16. The maximum atomic E-state index is 12.8. The largest absolute Gasteiger partial charge is 0.480 e. The van der Waals surface area contributed by atoms with Crippen molar-refractivity contribution in [2.45, 2.75) is 17.1 Å². The Kier molecular flexibility index (Phi) is 8.68. The van der Waals surface area contributed by atoms with Crippen molar-refractivity contribution in [1.82, 2.24) is 4.90 Å². The number of carboxylic acid groups (broad SMARTS) is 1. The van der Waals surface area contributed by atoms with Crippen LogP contribution in [0.1, 0.15) is 17.3 Å². The van der Waals surface area contributed by atoms with Crippen LogP contribution in [0.15, 0.2) is 29.2 Å². The van der Waals surface area contributed by atoms with Gasteiger partial charge in [0.05, 0.1) is 18.8 Å². The SMILES string of the molecule is COCCN(CCOC)C(=O)c1ccccc1SC(C)C(=O)O. The highest BCUT2D eigenvalue weighted by molar-refractivity contribution is 8.00. The van der Waals surface area contributed by atoms with Crippen molar-refractivity contribution >= 4 is 23.6 Å². The van der Waals surface area contributed by atoms with E-state index in [0.717, 1.165) is 11.8 Å². The maximum Gasteiger partial charge on any atom is 0.316 e. The van der Waals surface area contributed by atoms with Gasteiger partial charge in [0.15, 0.2) is 0 Å². The highest BCUT2D eigenvalue weighted by Crippen LogP contribution is 2.27. The van der Waals surface area contributed by atoms with E-state index in [9.17, 15) is 9.59 Å². The number of hydrogen-bond donors (Lipinski definition) is 1. The molecular weight excluding hydrogens is 318 g/mol. The lowest BCUT2D eigenvalue weighted by Gasteiger charge is -2.23. The van der Waals surface area contributed by atoms with Crippen LogP contribution in [0.3, 0.4) is 0 Å². The lowest BCUT2D eigenvalue weighted by atomic mass is 10.2. The first-order valence-electron chi connectivity index (χ1n) is 7.26. The summed E-state index contributed by atoms with van der Waals surface area (Å²) in [5.74, 6) is -1.06. The van der Waals surface area contributed by atoms with Crippen LogP contribution in [0.2, 0.25) is 0 Å². The second-order valence-electron chi connectivity index (χ2n) is 4.87. The van der Waals surface area contributed by atoms with Gasteiger partial charge in [0, 0.05) is 32.2 Å². The van der Waals surface area contributed by atoms with E-state index in [4.69, 9.17) is 14.6 Å². The number of amides is 1. The van der Waals surface area contributed by atoms with Crippen LogP contribution in [-0.4, -0.2) is 67.7 Å². The fraction of sp³-hybridized carbons (Fsp3) is 0.500. The summed E-state index contributed by atoms with van der Waals surface area (Å²) in [6.45, 7) is 3.35. The van der Waals surface area contributed by atoms with Crippen molar-refractivity contribution in [2.24, 2.45) is 0 Å². The molecule has 0 radical (unpaired) electrons. The molecule has 128 valence electrons. The first-order chi connectivity index (χ1) is 11.0. The van der Waals surface area contributed by atoms with Crippen LogP contribution in [0.25, 0.3) is 0 Å². The van der Waals surface area contributed by atoms with E-state index in [1.165, 1.54) is 0 Å². The third-order valence-corrected chi connectivity index (χ3v) is 4.35. The fourth-order valence-corrected chi connectivity index (χ4v) is 2.80. The Bertz CT molecular complexity index is 515. The van der Waals surface area contributed by atoms with Gasteiger partial charge in [0.1, 0.15) is 5.25 Å². The minimum Gasteiger partial charge on any atom is -0.480 e. The number of hydrogen-bond acceptors (Lipinski definition) is 5. The number of thioether (sulfide) groups is 1. The fourth-order valence-electron chi connectivity index (χ4n) is 1.88. The summed E-state index contributed by atoms with van der Waals surface area (Å²) in [6, 6.07) is 7.05. The summed E-state index contributed by atoms with van der Waals surface area (Å²) in [5.41, 5.74) is 0.498. The maximum absolute atomic E-state index is 12.8. The van der Waals surface area contributed by atoms with Gasteiger partial charge in [-0.2, -0.15) is 0 Å². The number of nitrogens with zero attached hydrogens (tertiary/aromatic N) is 1. The van der Waals surface area contributed by atoms with E-state index >= 15 is 0 Å². The molecule has 1 rings (SSSR count). The van der Waals surface area contributed by atoms with E-state index in [2.05, 4.69) is 0 Å². The molecule has 1 aromatic rings. The molecule has 7 heteroatoms. The number of rotatable bonds is 10. The van der Waals surface area contributed by atoms with Gasteiger partial charge in [-0.25, -0.2) is 0 Å². The molecule has 0 aliphatic heterocycles. The number of carboxylic acids is 1. The number of ether oxygens (including phenoxy) is 2. The Balaban J connectivity index is 2.96. The number of methoxy groups -OCH3 is 2. The minimum atomic E-state index is -0.909. The van der Waals surface area contributed by atoms with Crippen molar-refractivity contribution in [3.63, 3.8) is 0 Å². The molecule has 1 aromatic carbocycles. The zero-order chi connectivity index (χ0) is 17.2. The second-order valence-corrected chi connectivity index (χ2v) is 6.25. The van der Waals surface area contributed by atoms with Gasteiger partial charge in [0.2, 0.25) is 0 Å². The van der Waals surface area contributed by atoms with Gasteiger partial charge in [-0.3, -0.25) is 9.59 Å². The molecule has 0 saturated carbocycles. The van der Waals surface area contributed by atoms with Crippen molar-refractivity contribution < 1.29 is 24.2 Å². The highest BCUT2D eigenvalue weighted by Gasteiger charge is 2.21. The molecule has 0 heterocycles. The summed E-state index contributed by atoms with van der Waals surface area (Å²) in [5, 5.41) is 8.44. The summed E-state index contributed by atoms with van der Waals surface area (Å²) in [4.78, 5) is 26.1. The van der Waals surface area contributed by atoms with E-state index < -0.39 is 11.2 Å². The number of benzene rings is 1. The van der Waals surface area contributed by atoms with Gasteiger partial charge in [-0.05, 0) is 19.1 Å². The Hall–Kier alpha value is -1.57. The average molecular weight is 341 g/mol. The van der Waals surface area contributed by atoms with Crippen LogP contribution >= 0.6 is 11.8 Å². The molecule has 0 aliphatic rings. The van der Waals surface area contributed by atoms with E-state index in [1.54, 1.807) is 50.3 Å². The number of carbonyl (C=O) groups excluding carboxylic acids is 1. The molecule has 0 fully saturated rings. The third kappa shape index (κ3) is 6.21. The van der Waals surface area contributed by atoms with Crippen molar-refractivity contribution in [3.8, 4) is 0 Å². The third-order valence-electron chi connectivity index (χ3n) is 3.19. The smallest absolute Gasteiger partial charge is 0.316 e. The van der Waals surface area contributed by atoms with Crippen molar-refractivity contribution in [2.75, 3.05) is 40.5 Å². The van der Waals surface area contributed by atoms with Gasteiger partial charge in [0.25, 0.3) is 5.91 Å². The zero-order valence-electron chi connectivity index (χ0n) is 13.7. The quantitative estimate of drug-likeness (QED) is 0.656. The summed E-state index contributed by atoms with van der Waals surface area (Å²) in [7, 11) is 3.16. The zero-order valence-corrected chi connectivity index (χ0v) is 14.5. The second kappa shape index (κ2) is 10.3. The standard InChI is InChI=1S/C16H23NO5S/c1-12(16(19)20)23-14-7-5-4-6-13(14)15(18)17(8-10-21-2)9-11-22-3/h4-7,12H,8-11H2,1-3H3,(H,19,20). The summed E-state index contributed by atoms with van der Waals surface area (Å²) in [6.07, 6.45) is 0. The molecule has 1 amide bonds. The average Bonchev–Trinajstić information content (AvgIpc) is 2.55. The van der Waals surface area contributed by atoms with Crippen LogP contribution in [0, 0.1) is 0 Å². The Labute approximate surface area is 140 Å². The van der Waals surface area contributed by atoms with Crippen LogP contribution in [0.5, 0.6) is 0 Å². The Morgan fingerprint density at radius 1 is 1.17 bits per heavy atom. The van der Waals surface area contributed by atoms with Gasteiger partial charge in [-0.15, -0.1) is 11.8 Å². The molecule has 6 nitrogen and oxygen atoms in total. The van der Waals surface area contributed by atoms with E-state index in [-0.39, 0.29) is 5.91 Å². The number of carbonyl (C=O) groups is 2. The van der Waals surface area contributed by atoms with Crippen molar-refractivity contribution in [3.05, 3.63) is 29.8 Å². The van der Waals surface area contributed by atoms with E-state index in [1.807, 2.05) is 0 Å². The molecule has 0 spiro atoms. The highest BCUT2D eigenvalue weighted by atomic mass is 32.2. The van der Waals surface area contributed by atoms with E-state index in [0.29, 0.717) is 36.8 Å². The van der Waals surface area contributed by atoms with Crippen LogP contribution < -0.4 is 0 Å². The molecule has 1 atom stereocenters.